The Bertz CT molecular complexity index is 722. The van der Waals surface area contributed by atoms with Crippen LogP contribution >= 0.6 is 11.6 Å². The SMILES string of the molecule is N#Cc1ccc(Nc2ccc(N)cc2C(N)=O)c(Cl)c1. The molecule has 5 nitrogen and oxygen atoms in total. The second-order valence-corrected chi connectivity index (χ2v) is 4.51. The van der Waals surface area contributed by atoms with E-state index in [-0.39, 0.29) is 5.56 Å². The van der Waals surface area contributed by atoms with Crippen molar-refractivity contribution in [2.24, 2.45) is 5.73 Å². The van der Waals surface area contributed by atoms with Gasteiger partial charge in [-0.15, -0.1) is 0 Å². The molecule has 0 aliphatic carbocycles. The Hall–Kier alpha value is -2.71. The average Bonchev–Trinajstić information content (AvgIpc) is 2.42. The molecule has 0 spiro atoms. The molecule has 0 saturated carbocycles. The Labute approximate surface area is 120 Å². The number of nitrogen functional groups attached to an aromatic ring is 1. The number of carbonyl (C=O) groups excluding carboxylic acids is 1. The number of carbonyl (C=O) groups is 1. The maximum atomic E-state index is 11.4. The minimum Gasteiger partial charge on any atom is -0.399 e. The third kappa shape index (κ3) is 2.82. The van der Waals surface area contributed by atoms with E-state index >= 15 is 0 Å². The summed E-state index contributed by atoms with van der Waals surface area (Å²) in [6, 6.07) is 11.6. The number of rotatable bonds is 3. The van der Waals surface area contributed by atoms with Crippen LogP contribution in [0.5, 0.6) is 0 Å². The highest BCUT2D eigenvalue weighted by molar-refractivity contribution is 6.33. The molecule has 100 valence electrons. The van der Waals surface area contributed by atoms with Crippen molar-refractivity contribution in [3.05, 3.63) is 52.5 Å². The third-order valence-electron chi connectivity index (χ3n) is 2.68. The second kappa shape index (κ2) is 5.51. The van der Waals surface area contributed by atoms with E-state index in [1.54, 1.807) is 24.3 Å². The Morgan fingerprint density at radius 2 is 1.90 bits per heavy atom. The third-order valence-corrected chi connectivity index (χ3v) is 2.99. The molecule has 0 heterocycles. The normalized spacial score (nSPS) is 9.80. The highest BCUT2D eigenvalue weighted by Crippen LogP contribution is 2.28. The molecular formula is C14H11ClN4O. The van der Waals surface area contributed by atoms with Crippen LogP contribution in [0.3, 0.4) is 0 Å². The average molecular weight is 287 g/mol. The summed E-state index contributed by atoms with van der Waals surface area (Å²) in [6.07, 6.45) is 0. The van der Waals surface area contributed by atoms with E-state index < -0.39 is 5.91 Å². The van der Waals surface area contributed by atoms with Crippen molar-refractivity contribution in [1.82, 2.24) is 0 Å². The zero-order valence-electron chi connectivity index (χ0n) is 10.4. The Kier molecular flexibility index (Phi) is 3.78. The van der Waals surface area contributed by atoms with E-state index in [0.717, 1.165) is 0 Å². The number of nitrogens with one attached hydrogen (secondary N) is 1. The number of nitrogens with two attached hydrogens (primary N) is 2. The lowest BCUT2D eigenvalue weighted by atomic mass is 10.1. The van der Waals surface area contributed by atoms with Crippen LogP contribution in [0.4, 0.5) is 17.1 Å². The first kappa shape index (κ1) is 13.7. The molecule has 1 amide bonds. The number of benzene rings is 2. The number of nitriles is 1. The summed E-state index contributed by atoms with van der Waals surface area (Å²) in [6.45, 7) is 0. The zero-order chi connectivity index (χ0) is 14.7. The van der Waals surface area contributed by atoms with Crippen molar-refractivity contribution >= 4 is 34.6 Å². The van der Waals surface area contributed by atoms with Gasteiger partial charge in [0.2, 0.25) is 0 Å². The number of nitrogens with zero attached hydrogens (tertiary/aromatic N) is 1. The number of hydrogen-bond donors (Lipinski definition) is 3. The molecule has 0 aliphatic heterocycles. The molecule has 0 fully saturated rings. The first-order chi connectivity index (χ1) is 9.51. The smallest absolute Gasteiger partial charge is 0.250 e. The minimum atomic E-state index is -0.593. The quantitative estimate of drug-likeness (QED) is 0.754. The number of primary amides is 1. The summed E-state index contributed by atoms with van der Waals surface area (Å²) < 4.78 is 0. The Morgan fingerprint density at radius 1 is 1.20 bits per heavy atom. The van der Waals surface area contributed by atoms with Crippen LogP contribution in [-0.2, 0) is 0 Å². The van der Waals surface area contributed by atoms with Gasteiger partial charge < -0.3 is 16.8 Å². The molecule has 2 aromatic rings. The lowest BCUT2D eigenvalue weighted by Crippen LogP contribution is -2.13. The minimum absolute atomic E-state index is 0.269. The van der Waals surface area contributed by atoms with Crippen molar-refractivity contribution in [3.8, 4) is 6.07 Å². The number of anilines is 3. The van der Waals surface area contributed by atoms with Crippen LogP contribution in [0.15, 0.2) is 36.4 Å². The molecule has 5 N–H and O–H groups in total. The number of amides is 1. The maximum Gasteiger partial charge on any atom is 0.250 e. The van der Waals surface area contributed by atoms with Crippen LogP contribution in [0.25, 0.3) is 0 Å². The molecule has 0 radical (unpaired) electrons. The molecule has 2 rings (SSSR count). The predicted octanol–water partition coefficient (Wildman–Crippen LogP) is 2.64. The Balaban J connectivity index is 2.40. The second-order valence-electron chi connectivity index (χ2n) is 4.10. The number of hydrogen-bond acceptors (Lipinski definition) is 4. The Morgan fingerprint density at radius 3 is 2.50 bits per heavy atom. The van der Waals surface area contributed by atoms with Gasteiger partial charge in [0.1, 0.15) is 0 Å². The van der Waals surface area contributed by atoms with Crippen LogP contribution in [-0.4, -0.2) is 5.91 Å². The maximum absolute atomic E-state index is 11.4. The molecule has 2 aromatic carbocycles. The standard InChI is InChI=1S/C14H11ClN4O/c15-11-5-8(7-16)1-3-13(11)19-12-4-2-9(17)6-10(12)14(18)20/h1-6,19H,17H2,(H2,18,20). The van der Waals surface area contributed by atoms with Gasteiger partial charge >= 0.3 is 0 Å². The van der Waals surface area contributed by atoms with Gasteiger partial charge in [0.25, 0.3) is 5.91 Å². The van der Waals surface area contributed by atoms with Gasteiger partial charge in [0.05, 0.1) is 33.6 Å². The van der Waals surface area contributed by atoms with Crippen molar-refractivity contribution in [3.63, 3.8) is 0 Å². The molecule has 0 unspecified atom stereocenters. The number of halogens is 1. The van der Waals surface area contributed by atoms with E-state index in [0.29, 0.717) is 27.6 Å². The molecule has 0 atom stereocenters. The monoisotopic (exact) mass is 286 g/mol. The molecule has 20 heavy (non-hydrogen) atoms. The molecule has 0 bridgehead atoms. The molecule has 6 heteroatoms. The summed E-state index contributed by atoms with van der Waals surface area (Å²) >= 11 is 6.07. The summed E-state index contributed by atoms with van der Waals surface area (Å²) in [5.74, 6) is -0.593. The highest BCUT2D eigenvalue weighted by Gasteiger charge is 2.10. The van der Waals surface area contributed by atoms with Crippen molar-refractivity contribution < 1.29 is 4.79 Å². The first-order valence-corrected chi connectivity index (χ1v) is 6.05. The van der Waals surface area contributed by atoms with Gasteiger partial charge in [-0.1, -0.05) is 11.6 Å². The first-order valence-electron chi connectivity index (χ1n) is 5.67. The van der Waals surface area contributed by atoms with Crippen molar-refractivity contribution in [2.75, 3.05) is 11.1 Å². The summed E-state index contributed by atoms with van der Waals surface area (Å²) in [4.78, 5) is 11.4. The summed E-state index contributed by atoms with van der Waals surface area (Å²) in [5.41, 5.74) is 13.2. The van der Waals surface area contributed by atoms with Crippen LogP contribution in [0, 0.1) is 11.3 Å². The lowest BCUT2D eigenvalue weighted by molar-refractivity contribution is 0.100. The molecule has 0 aliphatic rings. The van der Waals surface area contributed by atoms with Gasteiger partial charge in [-0.3, -0.25) is 4.79 Å². The van der Waals surface area contributed by atoms with Crippen molar-refractivity contribution in [1.29, 1.82) is 5.26 Å². The predicted molar refractivity (Wildman–Crippen MR) is 78.8 cm³/mol. The van der Waals surface area contributed by atoms with Crippen LogP contribution in [0.2, 0.25) is 5.02 Å². The molecule has 0 saturated heterocycles. The van der Waals surface area contributed by atoms with Gasteiger partial charge in [0, 0.05) is 5.69 Å². The van der Waals surface area contributed by atoms with Crippen LogP contribution < -0.4 is 16.8 Å². The van der Waals surface area contributed by atoms with E-state index in [9.17, 15) is 4.79 Å². The molecule has 0 aromatic heterocycles. The van der Waals surface area contributed by atoms with Gasteiger partial charge in [0.15, 0.2) is 0 Å². The molecular weight excluding hydrogens is 276 g/mol. The fourth-order valence-corrected chi connectivity index (χ4v) is 1.93. The summed E-state index contributed by atoms with van der Waals surface area (Å²) in [7, 11) is 0. The van der Waals surface area contributed by atoms with Crippen LogP contribution in [0.1, 0.15) is 15.9 Å². The topological polar surface area (TPSA) is 105 Å². The van der Waals surface area contributed by atoms with Crippen molar-refractivity contribution in [2.45, 2.75) is 0 Å². The lowest BCUT2D eigenvalue weighted by Gasteiger charge is -2.12. The van der Waals surface area contributed by atoms with Gasteiger partial charge in [-0.2, -0.15) is 5.26 Å². The van der Waals surface area contributed by atoms with E-state index in [4.69, 9.17) is 28.3 Å². The zero-order valence-corrected chi connectivity index (χ0v) is 11.1. The van der Waals surface area contributed by atoms with Gasteiger partial charge in [-0.25, -0.2) is 0 Å². The van der Waals surface area contributed by atoms with E-state index in [1.165, 1.54) is 12.1 Å². The fraction of sp³-hybridized carbons (Fsp3) is 0. The fourth-order valence-electron chi connectivity index (χ4n) is 1.71. The summed E-state index contributed by atoms with van der Waals surface area (Å²) in [5, 5.41) is 12.2. The largest absolute Gasteiger partial charge is 0.399 e. The van der Waals surface area contributed by atoms with E-state index in [2.05, 4.69) is 5.32 Å². The van der Waals surface area contributed by atoms with E-state index in [1.807, 2.05) is 6.07 Å². The van der Waals surface area contributed by atoms with Gasteiger partial charge in [-0.05, 0) is 36.4 Å². The highest BCUT2D eigenvalue weighted by atomic mass is 35.5.